The zero-order chi connectivity index (χ0) is 23.9. The molecule has 5 aromatic rings. The summed E-state index contributed by atoms with van der Waals surface area (Å²) in [5.74, 6) is 2.57. The number of nitrogens with zero attached hydrogens (tertiary/aromatic N) is 7. The lowest BCUT2D eigenvalue weighted by atomic mass is 10.2. The second-order valence-corrected chi connectivity index (χ2v) is 9.87. The van der Waals surface area contributed by atoms with E-state index in [9.17, 15) is 0 Å². The van der Waals surface area contributed by atoms with E-state index in [0.717, 1.165) is 88.2 Å². The van der Waals surface area contributed by atoms with Crippen molar-refractivity contribution in [3.05, 3.63) is 43.0 Å². The van der Waals surface area contributed by atoms with Crippen LogP contribution >= 0.6 is 11.3 Å². The van der Waals surface area contributed by atoms with E-state index in [1.165, 1.54) is 0 Å². The third kappa shape index (κ3) is 3.85. The number of ether oxygens (including phenoxy) is 2. The highest BCUT2D eigenvalue weighted by atomic mass is 32.1. The van der Waals surface area contributed by atoms with Gasteiger partial charge in [0, 0.05) is 60.0 Å². The van der Waals surface area contributed by atoms with Crippen LogP contribution in [0.15, 0.2) is 43.0 Å². The van der Waals surface area contributed by atoms with Gasteiger partial charge in [0.05, 0.1) is 54.6 Å². The maximum Gasteiger partial charge on any atom is 0.164 e. The molecule has 5 aromatic heterocycles. The van der Waals surface area contributed by atoms with Gasteiger partial charge in [-0.05, 0) is 18.2 Å². The van der Waals surface area contributed by atoms with E-state index in [1.54, 1.807) is 23.7 Å². The van der Waals surface area contributed by atoms with Crippen molar-refractivity contribution in [1.29, 1.82) is 0 Å². The monoisotopic (exact) mass is 500 g/mol. The van der Waals surface area contributed by atoms with Gasteiger partial charge in [-0.3, -0.25) is 10.1 Å². The number of rotatable bonds is 4. The minimum absolute atomic E-state index is 0.647. The molecule has 7 heterocycles. The molecule has 0 aromatic carbocycles. The average molecular weight is 501 g/mol. The summed E-state index contributed by atoms with van der Waals surface area (Å²) in [5.41, 5.74) is 3.71. The highest BCUT2D eigenvalue weighted by Gasteiger charge is 2.22. The van der Waals surface area contributed by atoms with E-state index < -0.39 is 0 Å². The molecule has 2 aliphatic heterocycles. The van der Waals surface area contributed by atoms with Crippen molar-refractivity contribution in [1.82, 2.24) is 30.1 Å². The summed E-state index contributed by atoms with van der Waals surface area (Å²) in [6, 6.07) is 6.38. The number of fused-ring (bicyclic) bond motifs is 2. The van der Waals surface area contributed by atoms with E-state index in [-0.39, 0.29) is 0 Å². The maximum absolute atomic E-state index is 5.61. The first-order valence-corrected chi connectivity index (χ1v) is 12.9. The summed E-state index contributed by atoms with van der Waals surface area (Å²) in [5, 5.41) is 8.13. The van der Waals surface area contributed by atoms with Crippen LogP contribution in [-0.2, 0) is 9.47 Å². The normalized spacial score (nSPS) is 16.8. The Bertz CT molecular complexity index is 1520. The van der Waals surface area contributed by atoms with Crippen LogP contribution in [0.25, 0.3) is 42.9 Å². The number of aromatic nitrogens is 6. The van der Waals surface area contributed by atoms with Gasteiger partial charge >= 0.3 is 0 Å². The highest BCUT2D eigenvalue weighted by molar-refractivity contribution is 7.22. The Morgan fingerprint density at radius 3 is 2.44 bits per heavy atom. The molecule has 11 heteroatoms. The number of hydrogen-bond acceptors (Lipinski definition) is 10. The molecular formula is C25H24N8O2S. The van der Waals surface area contributed by atoms with Gasteiger partial charge in [-0.1, -0.05) is 0 Å². The Kier molecular flexibility index (Phi) is 5.45. The largest absolute Gasteiger partial charge is 0.378 e. The quantitative estimate of drug-likeness (QED) is 0.398. The van der Waals surface area contributed by atoms with E-state index in [4.69, 9.17) is 24.4 Å². The van der Waals surface area contributed by atoms with Crippen LogP contribution in [0.1, 0.15) is 0 Å². The van der Waals surface area contributed by atoms with Crippen molar-refractivity contribution in [3.63, 3.8) is 0 Å². The fourth-order valence-electron chi connectivity index (χ4n) is 4.72. The van der Waals surface area contributed by atoms with Gasteiger partial charge in [0.1, 0.15) is 5.82 Å². The predicted octanol–water partition coefficient (Wildman–Crippen LogP) is 3.36. The van der Waals surface area contributed by atoms with Crippen molar-refractivity contribution >= 4 is 44.1 Å². The lowest BCUT2D eigenvalue weighted by Crippen LogP contribution is -2.36. The molecule has 2 aliphatic rings. The Balaban J connectivity index is 1.32. The molecule has 2 saturated heterocycles. The third-order valence-electron chi connectivity index (χ3n) is 6.64. The fraction of sp³-hybridized carbons (Fsp3) is 0.320. The fourth-order valence-corrected chi connectivity index (χ4v) is 5.83. The van der Waals surface area contributed by atoms with Gasteiger partial charge in [0.15, 0.2) is 11.6 Å². The van der Waals surface area contributed by atoms with Crippen molar-refractivity contribution in [3.8, 4) is 21.8 Å². The molecule has 182 valence electrons. The summed E-state index contributed by atoms with van der Waals surface area (Å²) in [6.45, 7) is 6.19. The maximum atomic E-state index is 5.61. The Labute approximate surface area is 210 Å². The minimum atomic E-state index is 0.647. The number of pyridine rings is 2. The molecule has 1 N–H and O–H groups in total. The van der Waals surface area contributed by atoms with Gasteiger partial charge < -0.3 is 19.3 Å². The van der Waals surface area contributed by atoms with Crippen molar-refractivity contribution < 1.29 is 9.47 Å². The number of anilines is 2. The molecule has 0 radical (unpaired) electrons. The van der Waals surface area contributed by atoms with Gasteiger partial charge in [0.2, 0.25) is 0 Å². The number of morpholine rings is 2. The van der Waals surface area contributed by atoms with E-state index >= 15 is 0 Å². The average Bonchev–Trinajstić information content (AvgIpc) is 3.61. The topological polar surface area (TPSA) is 105 Å². The number of thiophene rings is 1. The molecule has 36 heavy (non-hydrogen) atoms. The van der Waals surface area contributed by atoms with Crippen LogP contribution in [0.4, 0.5) is 11.6 Å². The van der Waals surface area contributed by atoms with E-state index in [2.05, 4.69) is 43.2 Å². The molecule has 0 aliphatic carbocycles. The Morgan fingerprint density at radius 2 is 1.67 bits per heavy atom. The molecule has 0 amide bonds. The van der Waals surface area contributed by atoms with Crippen molar-refractivity contribution in [2.24, 2.45) is 0 Å². The highest BCUT2D eigenvalue weighted by Crippen LogP contribution is 2.39. The SMILES string of the molecule is c1cc(N2CCOCC2)ncc1-c1cc2nc(-c3cncc4[nH]ncc34)nc(N3CCOCC3)c2s1. The molecule has 0 atom stereocenters. The first kappa shape index (κ1) is 21.6. The molecule has 0 saturated carbocycles. The second kappa shape index (κ2) is 9.08. The zero-order valence-electron chi connectivity index (χ0n) is 19.6. The first-order chi connectivity index (χ1) is 17.8. The van der Waals surface area contributed by atoms with Crippen LogP contribution in [-0.4, -0.2) is 82.7 Å². The van der Waals surface area contributed by atoms with Crippen molar-refractivity contribution in [2.75, 3.05) is 62.4 Å². The van der Waals surface area contributed by atoms with Crippen molar-refractivity contribution in [2.45, 2.75) is 0 Å². The van der Waals surface area contributed by atoms with Crippen LogP contribution < -0.4 is 9.80 Å². The number of aromatic amines is 1. The van der Waals surface area contributed by atoms with Crippen LogP contribution in [0.3, 0.4) is 0 Å². The number of H-pyrrole nitrogens is 1. The molecule has 0 spiro atoms. The Hall–Kier alpha value is -3.67. The molecule has 10 nitrogen and oxygen atoms in total. The van der Waals surface area contributed by atoms with Crippen LogP contribution in [0, 0.1) is 0 Å². The van der Waals surface area contributed by atoms with E-state index in [0.29, 0.717) is 19.0 Å². The summed E-state index contributed by atoms with van der Waals surface area (Å²) in [4.78, 5) is 24.8. The first-order valence-electron chi connectivity index (χ1n) is 12.0. The standard InChI is InChI=1S/C25H24N8O2S/c1-2-22(32-3-7-34-8-4-32)27-12-16(1)21-11-19-23(36-21)25(33-5-9-35-10-6-33)30-24(29-19)18-13-26-15-20-17(18)14-28-31-20/h1-2,11-15H,3-10H2,(H,28,31). The van der Waals surface area contributed by atoms with Crippen LogP contribution in [0.5, 0.6) is 0 Å². The lowest BCUT2D eigenvalue weighted by molar-refractivity contribution is 0.122. The van der Waals surface area contributed by atoms with Gasteiger partial charge in [-0.15, -0.1) is 11.3 Å². The number of hydrogen-bond donors (Lipinski definition) is 1. The smallest absolute Gasteiger partial charge is 0.164 e. The van der Waals surface area contributed by atoms with Gasteiger partial charge in [0.25, 0.3) is 0 Å². The number of nitrogens with one attached hydrogen (secondary N) is 1. The summed E-state index contributed by atoms with van der Waals surface area (Å²) in [6.07, 6.45) is 7.33. The van der Waals surface area contributed by atoms with Gasteiger partial charge in [-0.25, -0.2) is 15.0 Å². The molecule has 0 bridgehead atoms. The van der Waals surface area contributed by atoms with Crippen LogP contribution in [0.2, 0.25) is 0 Å². The molecular weight excluding hydrogens is 476 g/mol. The summed E-state index contributed by atoms with van der Waals surface area (Å²) < 4.78 is 12.1. The summed E-state index contributed by atoms with van der Waals surface area (Å²) in [7, 11) is 0. The van der Waals surface area contributed by atoms with Gasteiger partial charge in [-0.2, -0.15) is 5.10 Å². The molecule has 2 fully saturated rings. The lowest BCUT2D eigenvalue weighted by Gasteiger charge is -2.28. The predicted molar refractivity (Wildman–Crippen MR) is 140 cm³/mol. The third-order valence-corrected chi connectivity index (χ3v) is 7.81. The molecule has 7 rings (SSSR count). The Morgan fingerprint density at radius 1 is 0.861 bits per heavy atom. The summed E-state index contributed by atoms with van der Waals surface area (Å²) >= 11 is 1.71. The zero-order valence-corrected chi connectivity index (χ0v) is 20.4. The molecule has 0 unspecified atom stereocenters. The van der Waals surface area contributed by atoms with E-state index in [1.807, 2.05) is 12.4 Å². The minimum Gasteiger partial charge on any atom is -0.378 e. The second-order valence-electron chi connectivity index (χ2n) is 8.82.